The van der Waals surface area contributed by atoms with Gasteiger partial charge in [0.1, 0.15) is 0 Å². The maximum absolute atomic E-state index is 12.1. The number of fused-ring (bicyclic) bond motifs is 1. The standard InChI is InChI=1S/C12H18N2O4/c15-7-5-13-9(17)11(13)3-1-2-4-12(11)10(18)14(12)6-8-16/h15-16H,1-8H2. The number of aliphatic hydroxyl groups excluding tert-OH is 2. The van der Waals surface area contributed by atoms with Gasteiger partial charge in [0.05, 0.1) is 13.2 Å². The maximum atomic E-state index is 12.1. The lowest BCUT2D eigenvalue weighted by molar-refractivity contribution is -0.117. The molecule has 3 rings (SSSR count). The molecule has 2 aliphatic heterocycles. The molecule has 2 amide bonds. The minimum absolute atomic E-state index is 0.00922. The first-order chi connectivity index (χ1) is 8.66. The zero-order chi connectivity index (χ0) is 13.0. The lowest BCUT2D eigenvalue weighted by Crippen LogP contribution is -2.45. The van der Waals surface area contributed by atoms with E-state index in [1.807, 2.05) is 0 Å². The summed E-state index contributed by atoms with van der Waals surface area (Å²) in [5.41, 5.74) is -1.39. The van der Waals surface area contributed by atoms with E-state index in [2.05, 4.69) is 0 Å². The van der Waals surface area contributed by atoms with Crippen molar-refractivity contribution in [2.75, 3.05) is 26.3 Å². The van der Waals surface area contributed by atoms with Gasteiger partial charge in [0.2, 0.25) is 0 Å². The normalized spacial score (nSPS) is 37.9. The van der Waals surface area contributed by atoms with Crippen molar-refractivity contribution in [3.8, 4) is 0 Å². The molecule has 6 nitrogen and oxygen atoms in total. The highest BCUT2D eigenvalue weighted by Gasteiger charge is 2.85. The lowest BCUT2D eigenvalue weighted by Gasteiger charge is -2.29. The van der Waals surface area contributed by atoms with Gasteiger partial charge in [0.25, 0.3) is 11.8 Å². The van der Waals surface area contributed by atoms with Gasteiger partial charge in [0.15, 0.2) is 11.1 Å². The van der Waals surface area contributed by atoms with Gasteiger partial charge in [-0.05, 0) is 12.8 Å². The van der Waals surface area contributed by atoms with Crippen LogP contribution in [0.5, 0.6) is 0 Å². The molecule has 2 spiro atoms. The van der Waals surface area contributed by atoms with E-state index in [1.165, 1.54) is 0 Å². The third kappa shape index (κ3) is 1.10. The highest BCUT2D eigenvalue weighted by molar-refractivity contribution is 6.17. The number of hydrogen-bond donors (Lipinski definition) is 2. The average molecular weight is 254 g/mol. The fraction of sp³-hybridized carbons (Fsp3) is 0.833. The van der Waals surface area contributed by atoms with Crippen LogP contribution >= 0.6 is 0 Å². The van der Waals surface area contributed by atoms with Gasteiger partial charge < -0.3 is 20.0 Å². The molecule has 0 aromatic carbocycles. The van der Waals surface area contributed by atoms with Crippen molar-refractivity contribution in [1.82, 2.24) is 9.80 Å². The van der Waals surface area contributed by atoms with Crippen molar-refractivity contribution >= 4 is 11.8 Å². The van der Waals surface area contributed by atoms with E-state index in [-0.39, 0.29) is 25.0 Å². The molecule has 1 aliphatic carbocycles. The van der Waals surface area contributed by atoms with Gasteiger partial charge in [-0.3, -0.25) is 9.59 Å². The SMILES string of the molecule is O=C1N(CCO)C12CCCCC21C(=O)N1CCO. The molecule has 0 aromatic rings. The Morgan fingerprint density at radius 1 is 0.889 bits per heavy atom. The third-order valence-corrected chi connectivity index (χ3v) is 4.68. The Bertz CT molecular complexity index is 375. The number of β-amino-alcohol motifs (C(OH)–C–C–N with tert-alkyl or cyclic N) is 2. The van der Waals surface area contributed by atoms with Crippen LogP contribution < -0.4 is 0 Å². The smallest absolute Gasteiger partial charge is 0.252 e. The average Bonchev–Trinajstić information content (AvgIpc) is 3.13. The summed E-state index contributed by atoms with van der Waals surface area (Å²) < 4.78 is 0. The second kappa shape index (κ2) is 3.68. The number of carbonyl (C=O) groups excluding carboxylic acids is 2. The molecular weight excluding hydrogens is 236 g/mol. The lowest BCUT2D eigenvalue weighted by atomic mass is 9.77. The van der Waals surface area contributed by atoms with Crippen LogP contribution in [0, 0.1) is 0 Å². The fourth-order valence-corrected chi connectivity index (χ4v) is 3.86. The van der Waals surface area contributed by atoms with E-state index < -0.39 is 11.1 Å². The predicted molar refractivity (Wildman–Crippen MR) is 61.5 cm³/mol. The predicted octanol–water partition coefficient (Wildman–Crippen LogP) is -1.29. The summed E-state index contributed by atoms with van der Waals surface area (Å²) in [5.74, 6) is -0.0184. The Kier molecular flexibility index (Phi) is 2.44. The first kappa shape index (κ1) is 11.9. The van der Waals surface area contributed by atoms with Crippen molar-refractivity contribution in [1.29, 1.82) is 0 Å². The van der Waals surface area contributed by atoms with Gasteiger partial charge in [-0.25, -0.2) is 0 Å². The summed E-state index contributed by atoms with van der Waals surface area (Å²) in [6.45, 7) is 0.469. The summed E-state index contributed by atoms with van der Waals surface area (Å²) in [4.78, 5) is 27.5. The molecule has 0 aromatic heterocycles. The number of carbonyl (C=O) groups is 2. The monoisotopic (exact) mass is 254 g/mol. The van der Waals surface area contributed by atoms with Crippen LogP contribution in [0.3, 0.4) is 0 Å². The van der Waals surface area contributed by atoms with E-state index in [1.54, 1.807) is 9.80 Å². The van der Waals surface area contributed by atoms with E-state index in [0.717, 1.165) is 12.8 Å². The van der Waals surface area contributed by atoms with Crippen molar-refractivity contribution < 1.29 is 19.8 Å². The second-order valence-corrected chi connectivity index (χ2v) is 5.29. The summed E-state index contributed by atoms with van der Waals surface area (Å²) >= 11 is 0. The van der Waals surface area contributed by atoms with E-state index in [9.17, 15) is 9.59 Å². The molecule has 2 heterocycles. The van der Waals surface area contributed by atoms with Crippen LogP contribution in [-0.2, 0) is 9.59 Å². The summed E-state index contributed by atoms with van der Waals surface area (Å²) in [6, 6.07) is 0. The minimum Gasteiger partial charge on any atom is -0.395 e. The molecule has 0 radical (unpaired) electrons. The van der Waals surface area contributed by atoms with Gasteiger partial charge in [-0.1, -0.05) is 12.8 Å². The summed E-state index contributed by atoms with van der Waals surface area (Å²) in [7, 11) is 0. The van der Waals surface area contributed by atoms with Crippen LogP contribution in [0.4, 0.5) is 0 Å². The second-order valence-electron chi connectivity index (χ2n) is 5.29. The molecule has 100 valence electrons. The Hall–Kier alpha value is -1.14. The molecule has 1 saturated carbocycles. The molecule has 0 bridgehead atoms. The van der Waals surface area contributed by atoms with Crippen LogP contribution in [0.25, 0.3) is 0 Å². The van der Waals surface area contributed by atoms with E-state index >= 15 is 0 Å². The number of amides is 2. The van der Waals surface area contributed by atoms with E-state index in [4.69, 9.17) is 10.2 Å². The third-order valence-electron chi connectivity index (χ3n) is 4.68. The van der Waals surface area contributed by atoms with Gasteiger partial charge in [-0.15, -0.1) is 0 Å². The number of rotatable bonds is 4. The first-order valence-electron chi connectivity index (χ1n) is 6.52. The Morgan fingerprint density at radius 3 is 1.61 bits per heavy atom. The topological polar surface area (TPSA) is 80.6 Å². The molecule has 2 atom stereocenters. The summed E-state index contributed by atoms with van der Waals surface area (Å²) in [6.07, 6.45) is 3.27. The molecular formula is C12H18N2O4. The Labute approximate surface area is 105 Å². The largest absolute Gasteiger partial charge is 0.395 e. The first-order valence-corrected chi connectivity index (χ1v) is 6.52. The highest BCUT2D eigenvalue weighted by Crippen LogP contribution is 2.61. The maximum Gasteiger partial charge on any atom is 0.252 e. The zero-order valence-electron chi connectivity index (χ0n) is 10.3. The molecule has 2 unspecified atom stereocenters. The number of aliphatic hydroxyl groups is 2. The molecule has 2 saturated heterocycles. The van der Waals surface area contributed by atoms with Crippen LogP contribution in [0.15, 0.2) is 0 Å². The van der Waals surface area contributed by atoms with Crippen LogP contribution in [0.2, 0.25) is 0 Å². The Balaban J connectivity index is 1.90. The van der Waals surface area contributed by atoms with Gasteiger partial charge in [0, 0.05) is 13.1 Å². The number of hydrogen-bond acceptors (Lipinski definition) is 4. The zero-order valence-corrected chi connectivity index (χ0v) is 10.3. The minimum atomic E-state index is -0.694. The van der Waals surface area contributed by atoms with Crippen molar-refractivity contribution in [3.63, 3.8) is 0 Å². The van der Waals surface area contributed by atoms with Crippen molar-refractivity contribution in [2.24, 2.45) is 0 Å². The van der Waals surface area contributed by atoms with E-state index in [0.29, 0.717) is 25.9 Å². The van der Waals surface area contributed by atoms with Gasteiger partial charge in [-0.2, -0.15) is 0 Å². The van der Waals surface area contributed by atoms with Crippen molar-refractivity contribution in [2.45, 2.75) is 36.8 Å². The molecule has 3 aliphatic rings. The molecule has 18 heavy (non-hydrogen) atoms. The highest BCUT2D eigenvalue weighted by atomic mass is 16.3. The van der Waals surface area contributed by atoms with Crippen LogP contribution in [0.1, 0.15) is 25.7 Å². The molecule has 6 heteroatoms. The Morgan fingerprint density at radius 2 is 1.28 bits per heavy atom. The number of nitrogens with zero attached hydrogens (tertiary/aromatic N) is 2. The van der Waals surface area contributed by atoms with Crippen molar-refractivity contribution in [3.05, 3.63) is 0 Å². The molecule has 2 N–H and O–H groups in total. The van der Waals surface area contributed by atoms with Crippen LogP contribution in [-0.4, -0.2) is 69.2 Å². The quantitative estimate of drug-likeness (QED) is 0.612. The molecule has 3 fully saturated rings. The van der Waals surface area contributed by atoms with Gasteiger partial charge >= 0.3 is 0 Å². The summed E-state index contributed by atoms with van der Waals surface area (Å²) in [5, 5.41) is 18.0. The fourth-order valence-electron chi connectivity index (χ4n) is 3.86.